The molecule has 0 aliphatic heterocycles. The zero-order valence-corrected chi connectivity index (χ0v) is 14.1. The van der Waals surface area contributed by atoms with E-state index in [0.717, 1.165) is 0 Å². The van der Waals surface area contributed by atoms with E-state index >= 15 is 0 Å². The van der Waals surface area contributed by atoms with Crippen molar-refractivity contribution >= 4 is 45.8 Å². The number of nitrogens with two attached hydrogens (primary N) is 1. The van der Waals surface area contributed by atoms with Crippen molar-refractivity contribution < 1.29 is 14.0 Å². The molecule has 0 saturated heterocycles. The second kappa shape index (κ2) is 8.96. The van der Waals surface area contributed by atoms with Crippen molar-refractivity contribution in [3.05, 3.63) is 28.5 Å². The first-order chi connectivity index (χ1) is 9.31. The number of nitrogens with one attached hydrogen (secondary N) is 2. The lowest BCUT2D eigenvalue weighted by Crippen LogP contribution is -2.46. The van der Waals surface area contributed by atoms with Crippen LogP contribution in [0.2, 0.25) is 0 Å². The molecule has 1 aromatic rings. The molecule has 0 aliphatic carbocycles. The highest BCUT2D eigenvalue weighted by atomic mass is 79.9. The molecule has 118 valence electrons. The minimum atomic E-state index is -0.676. The van der Waals surface area contributed by atoms with Crippen LogP contribution in [-0.4, -0.2) is 24.4 Å². The lowest BCUT2D eigenvalue weighted by Gasteiger charge is -2.15. The number of hydrogen-bond donors (Lipinski definition) is 3. The Morgan fingerprint density at radius 3 is 2.57 bits per heavy atom. The molecular weight excluding hydrogens is 365 g/mol. The van der Waals surface area contributed by atoms with Gasteiger partial charge in [0.05, 0.1) is 18.3 Å². The Hall–Kier alpha value is -1.18. The van der Waals surface area contributed by atoms with Crippen molar-refractivity contribution in [2.75, 3.05) is 11.9 Å². The summed E-state index contributed by atoms with van der Waals surface area (Å²) in [5, 5.41) is 4.78. The van der Waals surface area contributed by atoms with Gasteiger partial charge >= 0.3 is 0 Å². The highest BCUT2D eigenvalue weighted by Gasteiger charge is 2.17. The van der Waals surface area contributed by atoms with Crippen molar-refractivity contribution in [2.24, 2.45) is 11.7 Å². The molecule has 5 nitrogen and oxygen atoms in total. The van der Waals surface area contributed by atoms with Gasteiger partial charge in [0.2, 0.25) is 11.8 Å². The largest absolute Gasteiger partial charge is 0.346 e. The maximum atomic E-state index is 13.4. The molecule has 1 atom stereocenters. The summed E-state index contributed by atoms with van der Waals surface area (Å²) in [7, 11) is 0. The number of rotatable bonds is 5. The predicted octanol–water partition coefficient (Wildman–Crippen LogP) is 2.05. The fraction of sp³-hybridized carbons (Fsp3) is 0.385. The van der Waals surface area contributed by atoms with E-state index in [2.05, 4.69) is 26.6 Å². The topological polar surface area (TPSA) is 84.2 Å². The third-order valence-corrected chi connectivity index (χ3v) is 3.14. The molecule has 8 heteroatoms. The first kappa shape index (κ1) is 19.8. The third-order valence-electron chi connectivity index (χ3n) is 2.65. The summed E-state index contributed by atoms with van der Waals surface area (Å²) in [5.41, 5.74) is 5.68. The molecule has 0 spiro atoms. The van der Waals surface area contributed by atoms with E-state index in [4.69, 9.17) is 5.73 Å². The molecule has 2 amide bonds. The van der Waals surface area contributed by atoms with Gasteiger partial charge in [-0.1, -0.05) is 29.8 Å². The van der Waals surface area contributed by atoms with Gasteiger partial charge in [-0.05, 0) is 24.1 Å². The number of hydrogen-bond acceptors (Lipinski definition) is 3. The number of halogens is 3. The molecule has 21 heavy (non-hydrogen) atoms. The SMILES string of the molecule is CC(C)[C@H](N)C(=O)NCC(=O)Nc1cc(Br)ccc1F.Cl. The summed E-state index contributed by atoms with van der Waals surface area (Å²) < 4.78 is 14.1. The normalized spacial score (nSPS) is 11.5. The van der Waals surface area contributed by atoms with Crippen LogP contribution in [0.3, 0.4) is 0 Å². The average Bonchev–Trinajstić information content (AvgIpc) is 2.39. The summed E-state index contributed by atoms with van der Waals surface area (Å²) in [5.74, 6) is -1.51. The van der Waals surface area contributed by atoms with E-state index in [9.17, 15) is 14.0 Å². The zero-order valence-electron chi connectivity index (χ0n) is 11.7. The van der Waals surface area contributed by atoms with Crippen molar-refractivity contribution in [2.45, 2.75) is 19.9 Å². The van der Waals surface area contributed by atoms with Gasteiger partial charge in [0, 0.05) is 4.47 Å². The second-order valence-electron chi connectivity index (χ2n) is 4.66. The first-order valence-corrected chi connectivity index (χ1v) is 6.88. The van der Waals surface area contributed by atoms with Gasteiger partial charge in [-0.3, -0.25) is 9.59 Å². The van der Waals surface area contributed by atoms with Crippen molar-refractivity contribution in [1.82, 2.24) is 5.32 Å². The van der Waals surface area contributed by atoms with E-state index in [0.29, 0.717) is 4.47 Å². The lowest BCUT2D eigenvalue weighted by molar-refractivity contribution is -0.125. The van der Waals surface area contributed by atoms with Gasteiger partial charge in [0.15, 0.2) is 0 Å². The Kier molecular flexibility index (Phi) is 8.46. The average molecular weight is 383 g/mol. The van der Waals surface area contributed by atoms with Crippen molar-refractivity contribution in [1.29, 1.82) is 0 Å². The van der Waals surface area contributed by atoms with E-state index in [1.54, 1.807) is 13.8 Å². The van der Waals surface area contributed by atoms with Gasteiger partial charge in [-0.2, -0.15) is 0 Å². The fourth-order valence-corrected chi connectivity index (χ4v) is 1.74. The maximum absolute atomic E-state index is 13.4. The third kappa shape index (κ3) is 6.41. The van der Waals surface area contributed by atoms with Gasteiger partial charge in [0.1, 0.15) is 5.82 Å². The Labute approximate surface area is 137 Å². The van der Waals surface area contributed by atoms with Crippen LogP contribution in [0.4, 0.5) is 10.1 Å². The number of benzene rings is 1. The minimum absolute atomic E-state index is 0. The molecule has 0 unspecified atom stereocenters. The molecule has 1 aromatic carbocycles. The number of anilines is 1. The zero-order chi connectivity index (χ0) is 15.3. The molecular formula is C13H18BrClFN3O2. The van der Waals surface area contributed by atoms with Crippen LogP contribution in [0, 0.1) is 11.7 Å². The Morgan fingerprint density at radius 2 is 2.00 bits per heavy atom. The number of carbonyl (C=O) groups excluding carboxylic acids is 2. The summed E-state index contributed by atoms with van der Waals surface area (Å²) in [6.45, 7) is 3.35. The summed E-state index contributed by atoms with van der Waals surface area (Å²) in [6, 6.07) is 3.52. The molecule has 0 bridgehead atoms. The van der Waals surface area contributed by atoms with Crippen LogP contribution in [0.5, 0.6) is 0 Å². The van der Waals surface area contributed by atoms with Crippen LogP contribution in [0.15, 0.2) is 22.7 Å². The molecule has 0 saturated carbocycles. The number of carbonyl (C=O) groups is 2. The van der Waals surface area contributed by atoms with Crippen LogP contribution in [0.1, 0.15) is 13.8 Å². The predicted molar refractivity (Wildman–Crippen MR) is 85.8 cm³/mol. The Bertz CT molecular complexity index is 514. The highest BCUT2D eigenvalue weighted by Crippen LogP contribution is 2.19. The fourth-order valence-electron chi connectivity index (χ4n) is 1.38. The van der Waals surface area contributed by atoms with Crippen LogP contribution >= 0.6 is 28.3 Å². The van der Waals surface area contributed by atoms with Crippen molar-refractivity contribution in [3.63, 3.8) is 0 Å². The van der Waals surface area contributed by atoms with E-state index in [1.165, 1.54) is 18.2 Å². The summed E-state index contributed by atoms with van der Waals surface area (Å²) in [6.07, 6.45) is 0. The van der Waals surface area contributed by atoms with Gasteiger partial charge < -0.3 is 16.4 Å². The van der Waals surface area contributed by atoms with Crippen LogP contribution < -0.4 is 16.4 Å². The minimum Gasteiger partial charge on any atom is -0.346 e. The second-order valence-corrected chi connectivity index (χ2v) is 5.58. The standard InChI is InChI=1S/C13H17BrFN3O2.ClH/c1-7(2)12(16)13(20)17-6-11(19)18-10-5-8(14)3-4-9(10)15;/h3-5,7,12H,6,16H2,1-2H3,(H,17,20)(H,18,19);1H/t12-;/m0./s1. The van der Waals surface area contributed by atoms with Crippen LogP contribution in [-0.2, 0) is 9.59 Å². The summed E-state index contributed by atoms with van der Waals surface area (Å²) in [4.78, 5) is 23.2. The molecule has 0 aliphatic rings. The Balaban J connectivity index is 0.00000400. The van der Waals surface area contributed by atoms with Gasteiger partial charge in [-0.25, -0.2) is 4.39 Å². The number of amides is 2. The lowest BCUT2D eigenvalue weighted by atomic mass is 10.1. The van der Waals surface area contributed by atoms with Crippen molar-refractivity contribution in [3.8, 4) is 0 Å². The smallest absolute Gasteiger partial charge is 0.243 e. The Morgan fingerprint density at radius 1 is 1.38 bits per heavy atom. The molecule has 1 rings (SSSR count). The molecule has 0 fully saturated rings. The van der Waals surface area contributed by atoms with E-state index < -0.39 is 23.7 Å². The monoisotopic (exact) mass is 381 g/mol. The van der Waals surface area contributed by atoms with Gasteiger partial charge in [0.25, 0.3) is 0 Å². The molecule has 0 aromatic heterocycles. The van der Waals surface area contributed by atoms with Gasteiger partial charge in [-0.15, -0.1) is 12.4 Å². The van der Waals surface area contributed by atoms with E-state index in [-0.39, 0.29) is 30.6 Å². The van der Waals surface area contributed by atoms with E-state index in [1.807, 2.05) is 0 Å². The summed E-state index contributed by atoms with van der Waals surface area (Å²) >= 11 is 3.18. The highest BCUT2D eigenvalue weighted by molar-refractivity contribution is 9.10. The maximum Gasteiger partial charge on any atom is 0.243 e. The molecule has 0 radical (unpaired) electrons. The quantitative estimate of drug-likeness (QED) is 0.729. The molecule has 4 N–H and O–H groups in total. The molecule has 0 heterocycles. The first-order valence-electron chi connectivity index (χ1n) is 6.09. The van der Waals surface area contributed by atoms with Crippen LogP contribution in [0.25, 0.3) is 0 Å².